The van der Waals surface area contributed by atoms with E-state index in [-0.39, 0.29) is 23.2 Å². The number of anilines is 1. The molecule has 1 aromatic carbocycles. The number of fused-ring (bicyclic) bond motifs is 1. The molecule has 3 N–H and O–H groups in total. The van der Waals surface area contributed by atoms with Crippen LogP contribution in [0.4, 0.5) is 10.1 Å². The molecule has 2 unspecified atom stereocenters. The van der Waals surface area contributed by atoms with Gasteiger partial charge < -0.3 is 11.1 Å². The first-order valence-corrected chi connectivity index (χ1v) is 7.76. The van der Waals surface area contributed by atoms with E-state index in [9.17, 15) is 9.18 Å². The number of nitrogens with one attached hydrogen (secondary N) is 1. The highest BCUT2D eigenvalue weighted by molar-refractivity contribution is 5.93. The van der Waals surface area contributed by atoms with Crippen LogP contribution in [0.25, 0.3) is 0 Å². The van der Waals surface area contributed by atoms with Crippen LogP contribution in [0.3, 0.4) is 0 Å². The maximum Gasteiger partial charge on any atom is 0.224 e. The highest BCUT2D eigenvalue weighted by Crippen LogP contribution is 2.48. The molecule has 0 spiro atoms. The number of hydrogen-bond donors (Lipinski definition) is 2. The first-order valence-electron chi connectivity index (χ1n) is 7.76. The summed E-state index contributed by atoms with van der Waals surface area (Å²) in [5.41, 5.74) is 8.77. The third-order valence-electron chi connectivity index (χ3n) is 5.25. The summed E-state index contributed by atoms with van der Waals surface area (Å²) < 4.78 is 14.4. The van der Waals surface area contributed by atoms with Gasteiger partial charge in [-0.2, -0.15) is 0 Å². The Morgan fingerprint density at radius 1 is 1.38 bits per heavy atom. The van der Waals surface area contributed by atoms with Crippen LogP contribution in [0.1, 0.15) is 56.7 Å². The fourth-order valence-electron chi connectivity index (χ4n) is 3.91. The Labute approximate surface area is 125 Å². The standard InChI is InChI=1S/C17H23FN2O/c1-17(2)7-3-4-12(17)16(19)11-8-10-5-6-15(21)20-14(10)9-13(11)18/h8-9,12,16H,3-7,19H2,1-2H3,(H,20,21). The minimum absolute atomic E-state index is 0.0455. The Bertz CT molecular complexity index is 582. The summed E-state index contributed by atoms with van der Waals surface area (Å²) >= 11 is 0. The van der Waals surface area contributed by atoms with Gasteiger partial charge in [-0.15, -0.1) is 0 Å². The van der Waals surface area contributed by atoms with E-state index in [1.165, 1.54) is 6.07 Å². The van der Waals surface area contributed by atoms with E-state index < -0.39 is 0 Å². The summed E-state index contributed by atoms with van der Waals surface area (Å²) in [7, 11) is 0. The zero-order valence-electron chi connectivity index (χ0n) is 12.7. The lowest BCUT2D eigenvalue weighted by Crippen LogP contribution is -2.30. The molecule has 0 bridgehead atoms. The molecule has 1 fully saturated rings. The van der Waals surface area contributed by atoms with Crippen LogP contribution >= 0.6 is 0 Å². The average molecular weight is 290 g/mol. The van der Waals surface area contributed by atoms with Gasteiger partial charge in [0.15, 0.2) is 0 Å². The molecule has 1 heterocycles. The van der Waals surface area contributed by atoms with Gasteiger partial charge in [0.25, 0.3) is 0 Å². The lowest BCUT2D eigenvalue weighted by Gasteiger charge is -2.33. The van der Waals surface area contributed by atoms with E-state index in [1.54, 1.807) is 0 Å². The van der Waals surface area contributed by atoms with Crippen molar-refractivity contribution >= 4 is 11.6 Å². The summed E-state index contributed by atoms with van der Waals surface area (Å²) in [6.07, 6.45) is 4.49. The first kappa shape index (κ1) is 14.5. The second kappa shape index (κ2) is 5.09. The molecule has 2 atom stereocenters. The molecule has 1 aromatic rings. The largest absolute Gasteiger partial charge is 0.326 e. The summed E-state index contributed by atoms with van der Waals surface area (Å²) in [5, 5.41) is 2.73. The summed E-state index contributed by atoms with van der Waals surface area (Å²) in [6.45, 7) is 4.45. The Balaban J connectivity index is 1.94. The number of amides is 1. The molecular formula is C17H23FN2O. The predicted molar refractivity (Wildman–Crippen MR) is 81.4 cm³/mol. The van der Waals surface area contributed by atoms with Gasteiger partial charge in [0.1, 0.15) is 5.82 Å². The molecular weight excluding hydrogens is 267 g/mol. The predicted octanol–water partition coefficient (Wildman–Crippen LogP) is 3.54. The normalized spacial score (nSPS) is 25.3. The molecule has 0 saturated heterocycles. The lowest BCUT2D eigenvalue weighted by molar-refractivity contribution is -0.116. The van der Waals surface area contributed by atoms with E-state index >= 15 is 0 Å². The molecule has 2 aliphatic rings. The molecule has 4 heteroatoms. The number of rotatable bonds is 2. The SMILES string of the molecule is CC1(C)CCCC1C(N)c1cc2c(cc1F)NC(=O)CC2. The summed E-state index contributed by atoms with van der Waals surface area (Å²) in [6, 6.07) is 3.03. The molecule has 21 heavy (non-hydrogen) atoms. The number of nitrogens with two attached hydrogens (primary N) is 1. The maximum absolute atomic E-state index is 14.4. The maximum atomic E-state index is 14.4. The highest BCUT2D eigenvalue weighted by Gasteiger charge is 2.39. The molecule has 0 aromatic heterocycles. The van der Waals surface area contributed by atoms with Crippen LogP contribution in [-0.4, -0.2) is 5.91 Å². The molecule has 1 aliphatic heterocycles. The first-order chi connectivity index (χ1) is 9.88. The van der Waals surface area contributed by atoms with Crippen molar-refractivity contribution in [3.05, 3.63) is 29.1 Å². The number of carbonyl (C=O) groups excluding carboxylic acids is 1. The van der Waals surface area contributed by atoms with E-state index in [0.717, 1.165) is 24.8 Å². The van der Waals surface area contributed by atoms with Gasteiger partial charge in [0.05, 0.1) is 0 Å². The van der Waals surface area contributed by atoms with Crippen molar-refractivity contribution < 1.29 is 9.18 Å². The minimum atomic E-state index is -0.300. The highest BCUT2D eigenvalue weighted by atomic mass is 19.1. The van der Waals surface area contributed by atoms with Crippen LogP contribution < -0.4 is 11.1 Å². The fraction of sp³-hybridized carbons (Fsp3) is 0.588. The van der Waals surface area contributed by atoms with Crippen molar-refractivity contribution in [2.75, 3.05) is 5.32 Å². The van der Waals surface area contributed by atoms with E-state index in [1.807, 2.05) is 6.07 Å². The number of halogens is 1. The van der Waals surface area contributed by atoms with Crippen LogP contribution in [0.5, 0.6) is 0 Å². The fourth-order valence-corrected chi connectivity index (χ4v) is 3.91. The molecule has 114 valence electrons. The van der Waals surface area contributed by atoms with Gasteiger partial charge in [0, 0.05) is 23.7 Å². The third-order valence-corrected chi connectivity index (χ3v) is 5.25. The zero-order valence-corrected chi connectivity index (χ0v) is 12.7. The second-order valence-corrected chi connectivity index (χ2v) is 7.09. The summed E-state index contributed by atoms with van der Waals surface area (Å²) in [4.78, 5) is 11.4. The second-order valence-electron chi connectivity index (χ2n) is 7.09. The number of benzene rings is 1. The van der Waals surface area contributed by atoms with Crippen LogP contribution in [0, 0.1) is 17.2 Å². The van der Waals surface area contributed by atoms with Crippen LogP contribution in [0.2, 0.25) is 0 Å². The van der Waals surface area contributed by atoms with E-state index in [4.69, 9.17) is 5.73 Å². The minimum Gasteiger partial charge on any atom is -0.326 e. The Morgan fingerprint density at radius 2 is 2.14 bits per heavy atom. The summed E-state index contributed by atoms with van der Waals surface area (Å²) in [5.74, 6) is -0.0368. The van der Waals surface area contributed by atoms with Crippen molar-refractivity contribution in [1.29, 1.82) is 0 Å². The average Bonchev–Trinajstić information content (AvgIpc) is 2.76. The van der Waals surface area contributed by atoms with E-state index in [0.29, 0.717) is 30.0 Å². The Kier molecular flexibility index (Phi) is 3.52. The van der Waals surface area contributed by atoms with Crippen LogP contribution in [-0.2, 0) is 11.2 Å². The molecule has 1 saturated carbocycles. The molecule has 1 amide bonds. The molecule has 3 rings (SSSR count). The zero-order chi connectivity index (χ0) is 15.2. The monoisotopic (exact) mass is 290 g/mol. The van der Waals surface area contributed by atoms with Gasteiger partial charge >= 0.3 is 0 Å². The van der Waals surface area contributed by atoms with Crippen molar-refractivity contribution in [1.82, 2.24) is 0 Å². The van der Waals surface area contributed by atoms with Crippen LogP contribution in [0.15, 0.2) is 12.1 Å². The quantitative estimate of drug-likeness (QED) is 0.875. The molecule has 3 nitrogen and oxygen atoms in total. The Hall–Kier alpha value is -1.42. The number of aryl methyl sites for hydroxylation is 1. The van der Waals surface area contributed by atoms with Gasteiger partial charge in [-0.05, 0) is 48.3 Å². The number of hydrogen-bond acceptors (Lipinski definition) is 2. The van der Waals surface area contributed by atoms with Gasteiger partial charge in [-0.3, -0.25) is 4.79 Å². The Morgan fingerprint density at radius 3 is 2.81 bits per heavy atom. The van der Waals surface area contributed by atoms with Gasteiger partial charge in [-0.25, -0.2) is 4.39 Å². The molecule has 0 radical (unpaired) electrons. The van der Waals surface area contributed by atoms with Crippen molar-refractivity contribution in [2.45, 2.75) is 52.0 Å². The van der Waals surface area contributed by atoms with Crippen molar-refractivity contribution in [2.24, 2.45) is 17.1 Å². The van der Waals surface area contributed by atoms with Crippen molar-refractivity contribution in [3.8, 4) is 0 Å². The topological polar surface area (TPSA) is 55.1 Å². The third kappa shape index (κ3) is 2.57. The van der Waals surface area contributed by atoms with E-state index in [2.05, 4.69) is 19.2 Å². The van der Waals surface area contributed by atoms with Gasteiger partial charge in [-0.1, -0.05) is 20.3 Å². The van der Waals surface area contributed by atoms with Gasteiger partial charge in [0.2, 0.25) is 5.91 Å². The number of carbonyl (C=O) groups is 1. The van der Waals surface area contributed by atoms with Crippen molar-refractivity contribution in [3.63, 3.8) is 0 Å². The smallest absolute Gasteiger partial charge is 0.224 e. The lowest BCUT2D eigenvalue weighted by atomic mass is 9.75. The molecule has 1 aliphatic carbocycles.